The van der Waals surface area contributed by atoms with E-state index < -0.39 is 0 Å². The van der Waals surface area contributed by atoms with E-state index >= 15 is 0 Å². The first-order valence-corrected chi connectivity index (χ1v) is 15.2. The fourth-order valence-electron chi connectivity index (χ4n) is 7.70. The zero-order valence-electron chi connectivity index (χ0n) is 24.4. The molecule has 0 saturated carbocycles. The Morgan fingerprint density at radius 3 is 1.14 bits per heavy atom. The Morgan fingerprint density at radius 1 is 0.318 bits per heavy atom. The van der Waals surface area contributed by atoms with E-state index in [0.717, 1.165) is 44.2 Å². The Bertz CT molecular complexity index is 2540. The van der Waals surface area contributed by atoms with Gasteiger partial charge in [-0.1, -0.05) is 84.9 Å². The Hall–Kier alpha value is -5.60. The zero-order chi connectivity index (χ0) is 29.1. The summed E-state index contributed by atoms with van der Waals surface area (Å²) >= 11 is 0. The van der Waals surface area contributed by atoms with Crippen LogP contribution in [0.5, 0.6) is 0 Å². The number of hydrogen-bond acceptors (Lipinski definition) is 2. The van der Waals surface area contributed by atoms with Gasteiger partial charge in [0.05, 0.1) is 0 Å². The first-order chi connectivity index (χ1) is 21.7. The highest BCUT2D eigenvalue weighted by Gasteiger charge is 2.26. The lowest BCUT2D eigenvalue weighted by molar-refractivity contribution is 0.646. The van der Waals surface area contributed by atoms with Crippen LogP contribution < -0.4 is 0 Å². The third-order valence-corrected chi connectivity index (χ3v) is 9.76. The fraction of sp³-hybridized carbons (Fsp3) is 0.0476. The highest BCUT2D eigenvalue weighted by molar-refractivity contribution is 6.27. The highest BCUT2D eigenvalue weighted by Crippen LogP contribution is 2.51. The van der Waals surface area contributed by atoms with Gasteiger partial charge in [0.1, 0.15) is 22.3 Å². The molecule has 0 spiro atoms. The Kier molecular flexibility index (Phi) is 4.61. The Morgan fingerprint density at radius 2 is 0.682 bits per heavy atom. The molecule has 0 bridgehead atoms. The standard InChI is InChI=1S/C42H26O2/c1-23-11-13-29(27-9-5-3-7-25(23)27)31-15-19-35-39-33(31)17-21-37-41(39)42-38(43-35)22-18-34-32(16-20-36(44-37)40(34)42)30-14-12-24(2)26-8-4-6-10-28(26)30/h3-22H,1-2H3. The molecule has 0 amide bonds. The summed E-state index contributed by atoms with van der Waals surface area (Å²) in [4.78, 5) is 0. The molecule has 2 nitrogen and oxygen atoms in total. The first kappa shape index (κ1) is 23.9. The van der Waals surface area contributed by atoms with Crippen LogP contribution in [-0.4, -0.2) is 0 Å². The number of aryl methyl sites for hydroxylation is 2. The van der Waals surface area contributed by atoms with Crippen LogP contribution in [0, 0.1) is 13.8 Å². The summed E-state index contributed by atoms with van der Waals surface area (Å²) in [5.74, 6) is 0. The van der Waals surface area contributed by atoms with Crippen molar-refractivity contribution in [3.8, 4) is 33.4 Å². The van der Waals surface area contributed by atoms with E-state index in [2.05, 4.69) is 135 Å². The molecule has 2 heterocycles. The van der Waals surface area contributed by atoms with Crippen molar-refractivity contribution in [1.82, 2.24) is 0 Å². The highest BCUT2D eigenvalue weighted by atomic mass is 16.3. The van der Waals surface area contributed by atoms with Crippen molar-refractivity contribution < 1.29 is 8.83 Å². The van der Waals surface area contributed by atoms with Gasteiger partial charge in [0.25, 0.3) is 0 Å². The molecule has 44 heavy (non-hydrogen) atoms. The predicted molar refractivity (Wildman–Crippen MR) is 184 cm³/mol. The van der Waals surface area contributed by atoms with E-state index in [1.165, 1.54) is 65.7 Å². The lowest BCUT2D eigenvalue weighted by Crippen LogP contribution is -1.96. The van der Waals surface area contributed by atoms with Gasteiger partial charge in [0.2, 0.25) is 0 Å². The maximum atomic E-state index is 6.71. The summed E-state index contributed by atoms with van der Waals surface area (Å²) in [6.07, 6.45) is 0. The SMILES string of the molecule is Cc1ccc(-c2ccc3oc4ccc5c(-c6ccc(C)c7ccccc67)ccc6oc7ccc2c3c7-c4c65)c2ccccc12. The minimum Gasteiger partial charge on any atom is -0.456 e. The molecule has 0 radical (unpaired) electrons. The maximum absolute atomic E-state index is 6.71. The van der Waals surface area contributed by atoms with Gasteiger partial charge < -0.3 is 8.83 Å². The van der Waals surface area contributed by atoms with E-state index in [0.29, 0.717) is 0 Å². The molecule has 0 fully saturated rings. The van der Waals surface area contributed by atoms with Crippen LogP contribution in [0.4, 0.5) is 0 Å². The van der Waals surface area contributed by atoms with E-state index in [1.807, 2.05) is 0 Å². The second-order valence-corrected chi connectivity index (χ2v) is 12.1. The molecule has 2 heteroatoms. The van der Waals surface area contributed by atoms with Crippen LogP contribution in [0.1, 0.15) is 11.1 Å². The second-order valence-electron chi connectivity index (χ2n) is 12.1. The Labute approximate surface area is 253 Å². The zero-order valence-corrected chi connectivity index (χ0v) is 24.4. The summed E-state index contributed by atoms with van der Waals surface area (Å²) in [5, 5.41) is 9.65. The smallest absolute Gasteiger partial charge is 0.136 e. The van der Waals surface area contributed by atoms with Gasteiger partial charge in [0.15, 0.2) is 0 Å². The molecular formula is C42H26O2. The molecule has 0 aliphatic carbocycles. The van der Waals surface area contributed by atoms with Gasteiger partial charge in [-0.2, -0.15) is 0 Å². The molecular weight excluding hydrogens is 536 g/mol. The van der Waals surface area contributed by atoms with Crippen LogP contribution in [0.15, 0.2) is 130 Å². The van der Waals surface area contributed by atoms with Crippen LogP contribution in [-0.2, 0) is 0 Å². The summed E-state index contributed by atoms with van der Waals surface area (Å²) in [7, 11) is 0. The molecule has 0 aromatic heterocycles. The van der Waals surface area contributed by atoms with Crippen LogP contribution in [0.3, 0.4) is 0 Å². The monoisotopic (exact) mass is 562 g/mol. The van der Waals surface area contributed by atoms with Crippen LogP contribution >= 0.6 is 0 Å². The number of hydrogen-bond donors (Lipinski definition) is 0. The minimum absolute atomic E-state index is 0.872. The summed E-state index contributed by atoms with van der Waals surface area (Å²) in [6, 6.07) is 43.7. The molecule has 2 aliphatic rings. The largest absolute Gasteiger partial charge is 0.456 e. The average molecular weight is 563 g/mol. The van der Waals surface area contributed by atoms with Gasteiger partial charge in [-0.25, -0.2) is 0 Å². The number of fused-ring (bicyclic) bond motifs is 2. The van der Waals surface area contributed by atoms with E-state index in [9.17, 15) is 0 Å². The van der Waals surface area contributed by atoms with Crippen molar-refractivity contribution in [3.05, 3.63) is 132 Å². The third kappa shape index (κ3) is 3.04. The molecule has 0 N–H and O–H groups in total. The van der Waals surface area contributed by atoms with Crippen molar-refractivity contribution in [2.45, 2.75) is 13.8 Å². The lowest BCUT2D eigenvalue weighted by atomic mass is 9.85. The molecule has 2 aliphatic heterocycles. The molecule has 10 rings (SSSR count). The first-order valence-electron chi connectivity index (χ1n) is 15.2. The Balaban J connectivity index is 1.31. The lowest BCUT2D eigenvalue weighted by Gasteiger charge is -2.22. The summed E-state index contributed by atoms with van der Waals surface area (Å²) < 4.78 is 13.4. The van der Waals surface area contributed by atoms with Gasteiger partial charge in [-0.15, -0.1) is 0 Å². The maximum Gasteiger partial charge on any atom is 0.136 e. The van der Waals surface area contributed by atoms with E-state index in [4.69, 9.17) is 8.83 Å². The molecule has 8 aromatic rings. The summed E-state index contributed by atoms with van der Waals surface area (Å²) in [5.41, 5.74) is 13.2. The second kappa shape index (κ2) is 8.49. The van der Waals surface area contributed by atoms with Crippen LogP contribution in [0.25, 0.3) is 98.8 Å². The average Bonchev–Trinajstić information content (AvgIpc) is 3.07. The quantitative estimate of drug-likeness (QED) is 0.155. The predicted octanol–water partition coefficient (Wildman–Crippen LogP) is 12.3. The van der Waals surface area contributed by atoms with Gasteiger partial charge in [-0.3, -0.25) is 0 Å². The van der Waals surface area contributed by atoms with Gasteiger partial charge in [-0.05, 0) is 116 Å². The van der Waals surface area contributed by atoms with Crippen molar-refractivity contribution in [1.29, 1.82) is 0 Å². The third-order valence-electron chi connectivity index (χ3n) is 9.76. The number of rotatable bonds is 2. The minimum atomic E-state index is 0.872. The van der Waals surface area contributed by atoms with Gasteiger partial charge in [0, 0.05) is 21.9 Å². The van der Waals surface area contributed by atoms with Crippen molar-refractivity contribution in [2.24, 2.45) is 0 Å². The molecule has 206 valence electrons. The molecule has 0 atom stereocenters. The molecule has 0 saturated heterocycles. The molecule has 8 aromatic carbocycles. The van der Waals surface area contributed by atoms with Crippen LogP contribution in [0.2, 0.25) is 0 Å². The van der Waals surface area contributed by atoms with Crippen molar-refractivity contribution >= 4 is 65.4 Å². The van der Waals surface area contributed by atoms with Crippen molar-refractivity contribution in [3.63, 3.8) is 0 Å². The molecule has 0 unspecified atom stereocenters. The summed E-state index contributed by atoms with van der Waals surface area (Å²) in [6.45, 7) is 4.36. The fourth-order valence-corrected chi connectivity index (χ4v) is 7.70. The van der Waals surface area contributed by atoms with Crippen molar-refractivity contribution in [2.75, 3.05) is 0 Å². The number of benzene rings is 8. The van der Waals surface area contributed by atoms with Gasteiger partial charge >= 0.3 is 0 Å². The normalized spacial score (nSPS) is 12.3. The topological polar surface area (TPSA) is 26.3 Å². The van der Waals surface area contributed by atoms with E-state index in [-0.39, 0.29) is 0 Å². The van der Waals surface area contributed by atoms with E-state index in [1.54, 1.807) is 0 Å².